The zero-order valence-corrected chi connectivity index (χ0v) is 14.1. The van der Waals surface area contributed by atoms with E-state index in [1.165, 1.54) is 24.0 Å². The summed E-state index contributed by atoms with van der Waals surface area (Å²) < 4.78 is 5.20. The fraction of sp³-hybridized carbons (Fsp3) is 0.176. The van der Waals surface area contributed by atoms with Crippen molar-refractivity contribution in [3.63, 3.8) is 0 Å². The summed E-state index contributed by atoms with van der Waals surface area (Å²) in [6.07, 6.45) is -0.956. The van der Waals surface area contributed by atoms with Crippen LogP contribution in [0.25, 0.3) is 0 Å². The van der Waals surface area contributed by atoms with Gasteiger partial charge in [0, 0.05) is 17.8 Å². The van der Waals surface area contributed by atoms with Crippen LogP contribution in [-0.2, 0) is 9.53 Å². The van der Waals surface area contributed by atoms with Crippen LogP contribution >= 0.6 is 23.2 Å². The van der Waals surface area contributed by atoms with Crippen LogP contribution in [-0.4, -0.2) is 25.0 Å². The summed E-state index contributed by atoms with van der Waals surface area (Å²) in [6.45, 7) is 1.51. The molecule has 0 spiro atoms. The van der Waals surface area contributed by atoms with Crippen molar-refractivity contribution in [2.75, 3.05) is 11.9 Å². The Morgan fingerprint density at radius 2 is 1.74 bits per heavy atom. The van der Waals surface area contributed by atoms with Gasteiger partial charge in [-0.1, -0.05) is 41.4 Å². The number of hydrogen-bond acceptors (Lipinski definition) is 3. The van der Waals surface area contributed by atoms with Crippen LogP contribution < -0.4 is 4.90 Å². The molecule has 0 saturated heterocycles. The van der Waals surface area contributed by atoms with Crippen molar-refractivity contribution in [3.8, 4) is 0 Å². The summed E-state index contributed by atoms with van der Waals surface area (Å²) in [6, 6.07) is 13.6. The van der Waals surface area contributed by atoms with Crippen LogP contribution in [0.1, 0.15) is 17.3 Å². The fourth-order valence-corrected chi connectivity index (χ4v) is 2.35. The molecule has 2 aromatic carbocycles. The van der Waals surface area contributed by atoms with Crippen LogP contribution in [0.4, 0.5) is 5.69 Å². The summed E-state index contributed by atoms with van der Waals surface area (Å²) >= 11 is 11.8. The molecular weight excluding hydrogens is 337 g/mol. The first-order valence-corrected chi connectivity index (χ1v) is 7.64. The molecule has 0 aliphatic carbocycles. The minimum atomic E-state index is -0.956. The van der Waals surface area contributed by atoms with E-state index in [1.54, 1.807) is 25.2 Å². The third-order valence-corrected chi connectivity index (χ3v) is 3.82. The van der Waals surface area contributed by atoms with Gasteiger partial charge < -0.3 is 9.64 Å². The molecule has 23 heavy (non-hydrogen) atoms. The number of amides is 1. The van der Waals surface area contributed by atoms with E-state index < -0.39 is 12.1 Å². The van der Waals surface area contributed by atoms with Gasteiger partial charge in [0.1, 0.15) is 0 Å². The number of nitrogens with zero attached hydrogens (tertiary/aromatic N) is 1. The van der Waals surface area contributed by atoms with Crippen molar-refractivity contribution in [1.29, 1.82) is 0 Å². The lowest BCUT2D eigenvalue weighted by Gasteiger charge is -2.21. The molecule has 120 valence electrons. The maximum absolute atomic E-state index is 12.4. The van der Waals surface area contributed by atoms with Gasteiger partial charge in [0.2, 0.25) is 0 Å². The van der Waals surface area contributed by atoms with E-state index in [4.69, 9.17) is 27.9 Å². The second-order valence-corrected chi connectivity index (χ2v) is 5.75. The first kappa shape index (κ1) is 17.3. The van der Waals surface area contributed by atoms with Crippen LogP contribution in [0, 0.1) is 0 Å². The van der Waals surface area contributed by atoms with Gasteiger partial charge in [-0.15, -0.1) is 0 Å². The zero-order valence-electron chi connectivity index (χ0n) is 12.6. The van der Waals surface area contributed by atoms with Gasteiger partial charge in [-0.3, -0.25) is 4.79 Å². The van der Waals surface area contributed by atoms with Gasteiger partial charge in [-0.25, -0.2) is 4.79 Å². The number of para-hydroxylation sites is 1. The Labute approximate surface area is 144 Å². The highest BCUT2D eigenvalue weighted by atomic mass is 35.5. The lowest BCUT2D eigenvalue weighted by Crippen LogP contribution is -2.37. The van der Waals surface area contributed by atoms with E-state index in [2.05, 4.69) is 0 Å². The highest BCUT2D eigenvalue weighted by Gasteiger charge is 2.24. The monoisotopic (exact) mass is 351 g/mol. The van der Waals surface area contributed by atoms with E-state index >= 15 is 0 Å². The Hall–Kier alpha value is -2.04. The van der Waals surface area contributed by atoms with Crippen molar-refractivity contribution in [1.82, 2.24) is 0 Å². The standard InChI is InChI=1S/C17H15Cl2NO3/c1-11(16(21)20(2)13-6-4-3-5-7-13)23-17(22)14-10-12(18)8-9-15(14)19/h3-11H,1-2H3/t11-/m1/s1. The average molecular weight is 352 g/mol. The largest absolute Gasteiger partial charge is 0.449 e. The van der Waals surface area contributed by atoms with Crippen molar-refractivity contribution in [2.24, 2.45) is 0 Å². The summed E-state index contributed by atoms with van der Waals surface area (Å²) in [4.78, 5) is 25.9. The zero-order chi connectivity index (χ0) is 17.0. The molecule has 0 fully saturated rings. The molecule has 0 unspecified atom stereocenters. The number of likely N-dealkylation sites (N-methyl/N-ethyl adjacent to an activating group) is 1. The third-order valence-electron chi connectivity index (χ3n) is 3.25. The van der Waals surface area contributed by atoms with Crippen LogP contribution in [0.3, 0.4) is 0 Å². The van der Waals surface area contributed by atoms with Gasteiger partial charge in [0.15, 0.2) is 6.10 Å². The van der Waals surface area contributed by atoms with Crippen molar-refractivity contribution < 1.29 is 14.3 Å². The number of anilines is 1. The molecule has 1 amide bonds. The Balaban J connectivity index is 2.09. The van der Waals surface area contributed by atoms with Gasteiger partial charge >= 0.3 is 5.97 Å². The molecule has 2 rings (SSSR count). The summed E-state index contributed by atoms with van der Waals surface area (Å²) in [5.41, 5.74) is 0.836. The quantitative estimate of drug-likeness (QED) is 0.775. The number of rotatable bonds is 4. The van der Waals surface area contributed by atoms with Gasteiger partial charge in [0.25, 0.3) is 5.91 Å². The number of carbonyl (C=O) groups excluding carboxylic acids is 2. The number of ether oxygens (including phenoxy) is 1. The number of esters is 1. The number of benzene rings is 2. The predicted octanol–water partition coefficient (Wildman–Crippen LogP) is 4.20. The lowest BCUT2D eigenvalue weighted by molar-refractivity contribution is -0.126. The molecule has 1 atom stereocenters. The molecule has 0 aromatic heterocycles. The molecule has 0 bridgehead atoms. The Kier molecular flexibility index (Phi) is 5.64. The maximum Gasteiger partial charge on any atom is 0.340 e. The molecule has 0 radical (unpaired) electrons. The average Bonchev–Trinajstić information content (AvgIpc) is 2.56. The van der Waals surface area contributed by atoms with E-state index in [-0.39, 0.29) is 16.5 Å². The molecule has 0 heterocycles. The van der Waals surface area contributed by atoms with E-state index in [0.29, 0.717) is 10.7 Å². The normalized spacial score (nSPS) is 11.7. The number of halogens is 2. The number of carbonyl (C=O) groups is 2. The first-order chi connectivity index (χ1) is 10.9. The minimum absolute atomic E-state index is 0.126. The molecule has 0 saturated carbocycles. The predicted molar refractivity (Wildman–Crippen MR) is 91.2 cm³/mol. The molecule has 6 heteroatoms. The van der Waals surface area contributed by atoms with Crippen LogP contribution in [0.5, 0.6) is 0 Å². The Morgan fingerprint density at radius 1 is 1.09 bits per heavy atom. The summed E-state index contributed by atoms with van der Waals surface area (Å²) in [7, 11) is 1.62. The Bertz CT molecular complexity index is 719. The number of hydrogen-bond donors (Lipinski definition) is 0. The summed E-state index contributed by atoms with van der Waals surface area (Å²) in [5, 5.41) is 0.581. The first-order valence-electron chi connectivity index (χ1n) is 6.89. The maximum atomic E-state index is 12.4. The minimum Gasteiger partial charge on any atom is -0.449 e. The van der Waals surface area contributed by atoms with Crippen molar-refractivity contribution >= 4 is 40.8 Å². The Morgan fingerprint density at radius 3 is 2.39 bits per heavy atom. The molecule has 0 N–H and O–H groups in total. The van der Waals surface area contributed by atoms with Gasteiger partial charge in [0.05, 0.1) is 10.6 Å². The topological polar surface area (TPSA) is 46.6 Å². The lowest BCUT2D eigenvalue weighted by atomic mass is 10.2. The van der Waals surface area contributed by atoms with E-state index in [1.807, 2.05) is 18.2 Å². The van der Waals surface area contributed by atoms with Crippen molar-refractivity contribution in [2.45, 2.75) is 13.0 Å². The molecule has 4 nitrogen and oxygen atoms in total. The van der Waals surface area contributed by atoms with E-state index in [9.17, 15) is 9.59 Å². The summed E-state index contributed by atoms with van der Waals surface area (Å²) in [5.74, 6) is -1.04. The smallest absolute Gasteiger partial charge is 0.340 e. The SMILES string of the molecule is C[C@@H](OC(=O)c1cc(Cl)ccc1Cl)C(=O)N(C)c1ccccc1. The second-order valence-electron chi connectivity index (χ2n) is 4.90. The molecule has 2 aromatic rings. The van der Waals surface area contributed by atoms with Gasteiger partial charge in [-0.05, 0) is 37.3 Å². The molecule has 0 aliphatic heterocycles. The van der Waals surface area contributed by atoms with Crippen LogP contribution in [0.2, 0.25) is 10.0 Å². The fourth-order valence-electron chi connectivity index (χ4n) is 1.98. The third kappa shape index (κ3) is 4.24. The van der Waals surface area contributed by atoms with Gasteiger partial charge in [-0.2, -0.15) is 0 Å². The second kappa shape index (κ2) is 7.49. The molecular formula is C17H15Cl2NO3. The highest BCUT2D eigenvalue weighted by molar-refractivity contribution is 6.35. The molecule has 0 aliphatic rings. The van der Waals surface area contributed by atoms with E-state index in [0.717, 1.165) is 0 Å². The highest BCUT2D eigenvalue weighted by Crippen LogP contribution is 2.22. The van der Waals surface area contributed by atoms with Crippen LogP contribution in [0.15, 0.2) is 48.5 Å². The van der Waals surface area contributed by atoms with Crippen molar-refractivity contribution in [3.05, 3.63) is 64.1 Å².